The van der Waals surface area contributed by atoms with Gasteiger partial charge in [-0.2, -0.15) is 4.31 Å². The number of sulfonamides is 1. The molecule has 6 nitrogen and oxygen atoms in total. The molecule has 0 atom stereocenters. The summed E-state index contributed by atoms with van der Waals surface area (Å²) in [6.07, 6.45) is 1.40. The molecule has 10 heteroatoms. The van der Waals surface area contributed by atoms with Crippen molar-refractivity contribution >= 4 is 50.7 Å². The quantitative estimate of drug-likeness (QED) is 0.696. The van der Waals surface area contributed by atoms with E-state index in [0.717, 1.165) is 0 Å². The molecule has 0 radical (unpaired) electrons. The first-order valence-corrected chi connectivity index (χ1v) is 10.2. The number of carbonyl (C=O) groups excluding carboxylic acids is 1. The number of carbonyl (C=O) groups is 1. The van der Waals surface area contributed by atoms with Crippen molar-refractivity contribution in [3.63, 3.8) is 0 Å². The van der Waals surface area contributed by atoms with Crippen LogP contribution in [0, 0.1) is 0 Å². The highest BCUT2D eigenvalue weighted by Crippen LogP contribution is 2.31. The van der Waals surface area contributed by atoms with Crippen molar-refractivity contribution in [2.24, 2.45) is 0 Å². The van der Waals surface area contributed by atoms with E-state index in [-0.39, 0.29) is 47.0 Å². The van der Waals surface area contributed by atoms with Gasteiger partial charge in [0.15, 0.2) is 0 Å². The van der Waals surface area contributed by atoms with Crippen molar-refractivity contribution in [2.75, 3.05) is 26.2 Å². The Kier molecular flexibility index (Phi) is 5.74. The number of nitrogens with zero attached hydrogens (tertiary/aromatic N) is 3. The van der Waals surface area contributed by atoms with Gasteiger partial charge in [0.25, 0.3) is 5.91 Å². The molecule has 26 heavy (non-hydrogen) atoms. The van der Waals surface area contributed by atoms with E-state index < -0.39 is 10.0 Å². The molecular formula is C16H14Cl3N3O3S. The van der Waals surface area contributed by atoms with E-state index in [9.17, 15) is 13.2 Å². The summed E-state index contributed by atoms with van der Waals surface area (Å²) in [6, 6.07) is 7.67. The lowest BCUT2D eigenvalue weighted by molar-refractivity contribution is 0.0697. The molecule has 1 aliphatic heterocycles. The Labute approximate surface area is 166 Å². The summed E-state index contributed by atoms with van der Waals surface area (Å²) in [5, 5.41) is 0.445. The van der Waals surface area contributed by atoms with Gasteiger partial charge in [-0.1, -0.05) is 40.9 Å². The number of hydrogen-bond donors (Lipinski definition) is 0. The molecule has 1 aromatic carbocycles. The fourth-order valence-electron chi connectivity index (χ4n) is 2.67. The van der Waals surface area contributed by atoms with Gasteiger partial charge in [0, 0.05) is 32.4 Å². The van der Waals surface area contributed by atoms with Crippen LogP contribution in [0.4, 0.5) is 0 Å². The Bertz CT molecular complexity index is 907. The number of benzene rings is 1. The first-order chi connectivity index (χ1) is 12.3. The van der Waals surface area contributed by atoms with Gasteiger partial charge in [0.1, 0.15) is 10.0 Å². The van der Waals surface area contributed by atoms with E-state index in [1.165, 1.54) is 28.7 Å². The Morgan fingerprint density at radius 1 is 0.962 bits per heavy atom. The highest BCUT2D eigenvalue weighted by atomic mass is 35.5. The normalized spacial score (nSPS) is 15.9. The van der Waals surface area contributed by atoms with Gasteiger partial charge in [-0.3, -0.25) is 4.79 Å². The van der Waals surface area contributed by atoms with Gasteiger partial charge in [-0.15, -0.1) is 0 Å². The maximum atomic E-state index is 12.8. The first-order valence-electron chi connectivity index (χ1n) is 7.65. The number of pyridine rings is 1. The molecule has 138 valence electrons. The van der Waals surface area contributed by atoms with Crippen LogP contribution in [0.1, 0.15) is 10.4 Å². The van der Waals surface area contributed by atoms with Crippen LogP contribution >= 0.6 is 34.8 Å². The zero-order valence-corrected chi connectivity index (χ0v) is 16.5. The monoisotopic (exact) mass is 433 g/mol. The second-order valence-corrected chi connectivity index (χ2v) is 8.69. The minimum Gasteiger partial charge on any atom is -0.336 e. The lowest BCUT2D eigenvalue weighted by atomic mass is 10.2. The molecule has 0 N–H and O–H groups in total. The predicted octanol–water partition coefficient (Wildman–Crippen LogP) is 3.19. The zero-order valence-electron chi connectivity index (χ0n) is 13.4. The second kappa shape index (κ2) is 7.70. The number of hydrogen-bond acceptors (Lipinski definition) is 4. The summed E-state index contributed by atoms with van der Waals surface area (Å²) < 4.78 is 27.0. The number of amides is 1. The standard InChI is InChI=1S/C16H14Cl3N3O3S/c17-12-2-1-3-13(18)15(12)26(24,25)22-8-6-21(7-9-22)16(23)11-4-5-14(19)20-10-11/h1-5,10H,6-9H2. The van der Waals surface area contributed by atoms with Gasteiger partial charge >= 0.3 is 0 Å². The van der Waals surface area contributed by atoms with E-state index in [4.69, 9.17) is 34.8 Å². The highest BCUT2D eigenvalue weighted by molar-refractivity contribution is 7.89. The SMILES string of the molecule is O=C(c1ccc(Cl)nc1)N1CCN(S(=O)(=O)c2c(Cl)cccc2Cl)CC1. The average Bonchev–Trinajstić information content (AvgIpc) is 2.61. The van der Waals surface area contributed by atoms with Crippen molar-refractivity contribution in [3.8, 4) is 0 Å². The fourth-order valence-corrected chi connectivity index (χ4v) is 5.30. The number of piperazine rings is 1. The minimum atomic E-state index is -3.84. The summed E-state index contributed by atoms with van der Waals surface area (Å²) in [5.74, 6) is -0.220. The highest BCUT2D eigenvalue weighted by Gasteiger charge is 2.33. The van der Waals surface area contributed by atoms with E-state index in [2.05, 4.69) is 4.98 Å². The van der Waals surface area contributed by atoms with Gasteiger partial charge in [-0.25, -0.2) is 13.4 Å². The van der Waals surface area contributed by atoms with Crippen LogP contribution in [0.25, 0.3) is 0 Å². The molecule has 0 saturated carbocycles. The van der Waals surface area contributed by atoms with Crippen molar-refractivity contribution in [1.82, 2.24) is 14.2 Å². The molecule has 3 rings (SSSR count). The van der Waals surface area contributed by atoms with Crippen LogP contribution in [0.2, 0.25) is 15.2 Å². The van der Waals surface area contributed by atoms with Crippen molar-refractivity contribution in [1.29, 1.82) is 0 Å². The summed E-state index contributed by atoms with van der Waals surface area (Å²) in [7, 11) is -3.84. The molecule has 1 fully saturated rings. The molecule has 1 aliphatic rings. The van der Waals surface area contributed by atoms with Gasteiger partial charge in [-0.05, 0) is 24.3 Å². The molecule has 0 spiro atoms. The van der Waals surface area contributed by atoms with E-state index in [0.29, 0.717) is 10.7 Å². The Hall–Kier alpha value is -1.38. The molecule has 1 amide bonds. The number of halogens is 3. The van der Waals surface area contributed by atoms with Gasteiger partial charge in [0.2, 0.25) is 10.0 Å². The fraction of sp³-hybridized carbons (Fsp3) is 0.250. The molecule has 1 saturated heterocycles. The van der Waals surface area contributed by atoms with Crippen LogP contribution in [0.15, 0.2) is 41.4 Å². The van der Waals surface area contributed by atoms with Crippen LogP contribution in [0.3, 0.4) is 0 Å². The van der Waals surface area contributed by atoms with Crippen LogP contribution in [-0.4, -0.2) is 54.7 Å². The third-order valence-corrected chi connectivity index (χ3v) is 7.10. The predicted molar refractivity (Wildman–Crippen MR) is 100 cm³/mol. The molecular weight excluding hydrogens is 421 g/mol. The smallest absolute Gasteiger partial charge is 0.255 e. The van der Waals surface area contributed by atoms with E-state index in [1.807, 2.05) is 0 Å². The van der Waals surface area contributed by atoms with E-state index >= 15 is 0 Å². The Balaban J connectivity index is 1.74. The van der Waals surface area contributed by atoms with Crippen LogP contribution < -0.4 is 0 Å². The maximum Gasteiger partial charge on any atom is 0.255 e. The molecule has 2 aromatic rings. The lowest BCUT2D eigenvalue weighted by Gasteiger charge is -2.34. The molecule has 0 unspecified atom stereocenters. The lowest BCUT2D eigenvalue weighted by Crippen LogP contribution is -2.50. The molecule has 0 aliphatic carbocycles. The van der Waals surface area contributed by atoms with E-state index in [1.54, 1.807) is 17.0 Å². The zero-order chi connectivity index (χ0) is 18.9. The third-order valence-electron chi connectivity index (χ3n) is 4.02. The Morgan fingerprint density at radius 2 is 1.58 bits per heavy atom. The van der Waals surface area contributed by atoms with Crippen LogP contribution in [0.5, 0.6) is 0 Å². The average molecular weight is 435 g/mol. The van der Waals surface area contributed by atoms with Gasteiger partial charge < -0.3 is 4.90 Å². The molecule has 0 bridgehead atoms. The summed E-state index contributed by atoms with van der Waals surface area (Å²) in [6.45, 7) is 0.804. The summed E-state index contributed by atoms with van der Waals surface area (Å²) in [5.41, 5.74) is 0.403. The minimum absolute atomic E-state index is 0.0724. The third kappa shape index (κ3) is 3.82. The topological polar surface area (TPSA) is 70.6 Å². The largest absolute Gasteiger partial charge is 0.336 e. The Morgan fingerprint density at radius 3 is 2.12 bits per heavy atom. The van der Waals surface area contributed by atoms with Crippen LogP contribution in [-0.2, 0) is 10.0 Å². The first kappa shape index (κ1) is 19.4. The number of rotatable bonds is 3. The summed E-state index contributed by atoms with van der Waals surface area (Å²) in [4.78, 5) is 17.8. The molecule has 1 aromatic heterocycles. The van der Waals surface area contributed by atoms with Gasteiger partial charge in [0.05, 0.1) is 15.6 Å². The van der Waals surface area contributed by atoms with Crippen molar-refractivity contribution in [2.45, 2.75) is 4.90 Å². The number of aromatic nitrogens is 1. The molecule has 2 heterocycles. The van der Waals surface area contributed by atoms with Crippen molar-refractivity contribution in [3.05, 3.63) is 57.3 Å². The maximum absolute atomic E-state index is 12.8. The second-order valence-electron chi connectivity index (χ2n) is 5.62. The van der Waals surface area contributed by atoms with Crippen molar-refractivity contribution < 1.29 is 13.2 Å². The summed E-state index contributed by atoms with van der Waals surface area (Å²) >= 11 is 17.8.